The van der Waals surface area contributed by atoms with E-state index in [-0.39, 0.29) is 0 Å². The molecule has 1 N–H and O–H groups in total. The number of aromatic nitrogens is 1. The molecule has 1 aromatic heterocycles. The third kappa shape index (κ3) is 3.22. The topological polar surface area (TPSA) is 62.7 Å². The Labute approximate surface area is 123 Å². The Hall–Kier alpha value is -1.33. The third-order valence-corrected chi connectivity index (χ3v) is 4.07. The number of aliphatic carboxylic acids is 1. The van der Waals surface area contributed by atoms with Gasteiger partial charge in [-0.2, -0.15) is 0 Å². The lowest BCUT2D eigenvalue weighted by Crippen LogP contribution is -2.48. The van der Waals surface area contributed by atoms with Crippen molar-refractivity contribution >= 4 is 23.4 Å². The maximum atomic E-state index is 11.7. The second-order valence-electron chi connectivity index (χ2n) is 5.19. The van der Waals surface area contributed by atoms with E-state index in [4.69, 9.17) is 16.3 Å². The fourth-order valence-electron chi connectivity index (χ4n) is 2.67. The molecular formula is C14H19ClN2O3. The zero-order valence-electron chi connectivity index (χ0n) is 11.5. The fraction of sp³-hybridized carbons (Fsp3) is 0.571. The van der Waals surface area contributed by atoms with Crippen molar-refractivity contribution in [3.8, 4) is 0 Å². The lowest BCUT2D eigenvalue weighted by atomic mass is 9.77. The van der Waals surface area contributed by atoms with Crippen molar-refractivity contribution < 1.29 is 14.6 Å². The van der Waals surface area contributed by atoms with Crippen LogP contribution in [-0.2, 0) is 9.53 Å². The van der Waals surface area contributed by atoms with Gasteiger partial charge in [0.15, 0.2) is 0 Å². The smallest absolute Gasteiger partial charge is 0.311 e. The molecule has 2 rings (SSSR count). The molecule has 110 valence electrons. The van der Waals surface area contributed by atoms with Crippen molar-refractivity contribution in [3.05, 3.63) is 23.4 Å². The minimum absolute atomic E-state index is 0.453. The molecule has 1 fully saturated rings. The van der Waals surface area contributed by atoms with Crippen LogP contribution in [-0.4, -0.2) is 42.9 Å². The minimum atomic E-state index is -0.756. The quantitative estimate of drug-likeness (QED) is 0.904. The van der Waals surface area contributed by atoms with Crippen LogP contribution in [0.4, 0.5) is 5.82 Å². The molecule has 1 aliphatic rings. The van der Waals surface area contributed by atoms with Crippen molar-refractivity contribution in [2.75, 3.05) is 31.7 Å². The highest BCUT2D eigenvalue weighted by Crippen LogP contribution is 2.35. The van der Waals surface area contributed by atoms with Crippen LogP contribution in [0.3, 0.4) is 0 Å². The van der Waals surface area contributed by atoms with Crippen LogP contribution in [0.5, 0.6) is 0 Å². The second kappa shape index (κ2) is 6.41. The van der Waals surface area contributed by atoms with Crippen molar-refractivity contribution in [2.45, 2.75) is 19.3 Å². The Balaban J connectivity index is 2.16. The summed E-state index contributed by atoms with van der Waals surface area (Å²) < 4.78 is 5.06. The maximum absolute atomic E-state index is 11.7. The van der Waals surface area contributed by atoms with Gasteiger partial charge in [0.05, 0.1) is 10.4 Å². The molecule has 1 aliphatic heterocycles. The van der Waals surface area contributed by atoms with E-state index in [0.717, 1.165) is 18.8 Å². The molecule has 0 radical (unpaired) electrons. The Morgan fingerprint density at radius 2 is 2.40 bits per heavy atom. The predicted octanol–water partition coefficient (Wildman–Crippen LogP) is 2.44. The molecule has 0 aliphatic carbocycles. The average molecular weight is 299 g/mol. The predicted molar refractivity (Wildman–Crippen MR) is 77.3 cm³/mol. The highest BCUT2D eigenvalue weighted by molar-refractivity contribution is 6.30. The molecule has 1 unspecified atom stereocenters. The third-order valence-electron chi connectivity index (χ3n) is 3.85. The van der Waals surface area contributed by atoms with Gasteiger partial charge in [-0.25, -0.2) is 4.98 Å². The van der Waals surface area contributed by atoms with Crippen molar-refractivity contribution in [1.82, 2.24) is 4.98 Å². The molecule has 0 bridgehead atoms. The van der Waals surface area contributed by atoms with E-state index in [9.17, 15) is 9.90 Å². The molecule has 1 aromatic rings. The number of pyridine rings is 1. The first-order valence-electron chi connectivity index (χ1n) is 6.66. The zero-order valence-corrected chi connectivity index (χ0v) is 12.3. The van der Waals surface area contributed by atoms with Gasteiger partial charge >= 0.3 is 5.97 Å². The Kier molecular flexibility index (Phi) is 4.83. The number of piperidine rings is 1. The molecule has 0 amide bonds. The van der Waals surface area contributed by atoms with E-state index >= 15 is 0 Å². The molecule has 20 heavy (non-hydrogen) atoms. The standard InChI is InChI=1S/C14H19ClN2O3/c1-20-8-6-14(13(18)19)5-2-7-17(10-14)12-4-3-11(15)9-16-12/h3-4,9H,2,5-8,10H2,1H3,(H,18,19). The van der Waals surface area contributed by atoms with E-state index in [0.29, 0.717) is 31.0 Å². The van der Waals surface area contributed by atoms with Gasteiger partial charge in [-0.3, -0.25) is 4.79 Å². The number of nitrogens with zero attached hydrogens (tertiary/aromatic N) is 2. The van der Waals surface area contributed by atoms with Gasteiger partial charge in [0.1, 0.15) is 5.82 Å². The number of methoxy groups -OCH3 is 1. The number of carboxylic acids is 1. The van der Waals surface area contributed by atoms with Gasteiger partial charge in [0, 0.05) is 33.0 Å². The summed E-state index contributed by atoms with van der Waals surface area (Å²) in [5.41, 5.74) is -0.754. The van der Waals surface area contributed by atoms with Crippen LogP contribution in [0, 0.1) is 5.41 Å². The first-order valence-corrected chi connectivity index (χ1v) is 7.04. The van der Waals surface area contributed by atoms with Crippen LogP contribution in [0.1, 0.15) is 19.3 Å². The molecule has 1 atom stereocenters. The fourth-order valence-corrected chi connectivity index (χ4v) is 2.78. The number of hydrogen-bond donors (Lipinski definition) is 1. The Morgan fingerprint density at radius 1 is 1.60 bits per heavy atom. The molecule has 5 nitrogen and oxygen atoms in total. The highest BCUT2D eigenvalue weighted by atomic mass is 35.5. The number of rotatable bonds is 5. The minimum Gasteiger partial charge on any atom is -0.481 e. The Bertz CT molecular complexity index is 466. The number of hydrogen-bond acceptors (Lipinski definition) is 4. The summed E-state index contributed by atoms with van der Waals surface area (Å²) in [7, 11) is 1.59. The molecule has 6 heteroatoms. The molecule has 2 heterocycles. The van der Waals surface area contributed by atoms with Gasteiger partial charge in [0.25, 0.3) is 0 Å². The van der Waals surface area contributed by atoms with Crippen LogP contribution in [0.15, 0.2) is 18.3 Å². The van der Waals surface area contributed by atoms with E-state index in [1.54, 1.807) is 19.4 Å². The molecule has 0 spiro atoms. The van der Waals surface area contributed by atoms with Crippen LogP contribution in [0.25, 0.3) is 0 Å². The number of halogens is 1. The van der Waals surface area contributed by atoms with Crippen molar-refractivity contribution in [2.24, 2.45) is 5.41 Å². The van der Waals surface area contributed by atoms with Crippen molar-refractivity contribution in [1.29, 1.82) is 0 Å². The summed E-state index contributed by atoms with van der Waals surface area (Å²) in [4.78, 5) is 18.0. The molecule has 1 saturated heterocycles. The van der Waals surface area contributed by atoms with E-state index in [1.165, 1.54) is 0 Å². The van der Waals surface area contributed by atoms with Gasteiger partial charge in [-0.1, -0.05) is 11.6 Å². The number of carboxylic acid groups (broad SMARTS) is 1. The Morgan fingerprint density at radius 3 is 3.00 bits per heavy atom. The summed E-state index contributed by atoms with van der Waals surface area (Å²) in [6.07, 6.45) is 3.61. The molecule has 0 saturated carbocycles. The summed E-state index contributed by atoms with van der Waals surface area (Å²) in [5, 5.41) is 10.2. The van der Waals surface area contributed by atoms with Gasteiger partial charge in [-0.05, 0) is 31.4 Å². The summed E-state index contributed by atoms with van der Waals surface area (Å²) in [6.45, 7) is 1.73. The largest absolute Gasteiger partial charge is 0.481 e. The monoisotopic (exact) mass is 298 g/mol. The molecular weight excluding hydrogens is 280 g/mol. The normalized spacial score (nSPS) is 22.8. The van der Waals surface area contributed by atoms with Gasteiger partial charge < -0.3 is 14.7 Å². The van der Waals surface area contributed by atoms with Gasteiger partial charge in [-0.15, -0.1) is 0 Å². The molecule has 0 aromatic carbocycles. The number of ether oxygens (including phenoxy) is 1. The number of carbonyl (C=O) groups is 1. The lowest BCUT2D eigenvalue weighted by molar-refractivity contribution is -0.150. The summed E-state index contributed by atoms with van der Waals surface area (Å²) >= 11 is 5.83. The van der Waals surface area contributed by atoms with Gasteiger partial charge in [0.2, 0.25) is 0 Å². The van der Waals surface area contributed by atoms with Crippen LogP contribution >= 0.6 is 11.6 Å². The highest BCUT2D eigenvalue weighted by Gasteiger charge is 2.42. The second-order valence-corrected chi connectivity index (χ2v) is 5.62. The lowest BCUT2D eigenvalue weighted by Gasteiger charge is -2.40. The summed E-state index contributed by atoms with van der Waals surface area (Å²) in [6, 6.07) is 3.60. The number of anilines is 1. The van der Waals surface area contributed by atoms with E-state index in [2.05, 4.69) is 4.98 Å². The van der Waals surface area contributed by atoms with Crippen LogP contribution < -0.4 is 4.90 Å². The van der Waals surface area contributed by atoms with Crippen LogP contribution in [0.2, 0.25) is 5.02 Å². The zero-order chi connectivity index (χ0) is 14.6. The van der Waals surface area contributed by atoms with E-state index < -0.39 is 11.4 Å². The van der Waals surface area contributed by atoms with E-state index in [1.807, 2.05) is 11.0 Å². The first kappa shape index (κ1) is 15.1. The maximum Gasteiger partial charge on any atom is 0.311 e. The summed E-state index contributed by atoms with van der Waals surface area (Å²) in [5.74, 6) is 0.0188. The van der Waals surface area contributed by atoms with Crippen molar-refractivity contribution in [3.63, 3.8) is 0 Å². The average Bonchev–Trinajstić information content (AvgIpc) is 2.46. The first-order chi connectivity index (χ1) is 9.57. The SMILES string of the molecule is COCCC1(C(=O)O)CCCN(c2ccc(Cl)cn2)C1.